The first-order valence-corrected chi connectivity index (χ1v) is 18.2. The van der Waals surface area contributed by atoms with Gasteiger partial charge in [-0.25, -0.2) is 0 Å². The minimum Gasteiger partial charge on any atom is -0.295 e. The van der Waals surface area contributed by atoms with Gasteiger partial charge in [-0.1, -0.05) is 45.4 Å². The Labute approximate surface area is 159 Å². The van der Waals surface area contributed by atoms with Crippen LogP contribution in [0.1, 0.15) is 19.3 Å². The van der Waals surface area contributed by atoms with Crippen LogP contribution in [0.5, 0.6) is 0 Å². The van der Waals surface area contributed by atoms with E-state index in [9.17, 15) is 4.79 Å². The second-order valence-electron chi connectivity index (χ2n) is 9.00. The van der Waals surface area contributed by atoms with Gasteiger partial charge in [0.05, 0.1) is 12.7 Å². The highest BCUT2D eigenvalue weighted by molar-refractivity contribution is 8.17. The average molecular weight is 397 g/mol. The van der Waals surface area contributed by atoms with Crippen molar-refractivity contribution < 1.29 is 4.79 Å². The third-order valence-electron chi connectivity index (χ3n) is 4.46. The smallest absolute Gasteiger partial charge is 0.154 e. The van der Waals surface area contributed by atoms with Crippen LogP contribution in [0.25, 0.3) is 0 Å². The van der Waals surface area contributed by atoms with Crippen molar-refractivity contribution in [2.45, 2.75) is 63.1 Å². The standard InChI is InChI=1S/C19H32OS2Si2/c1-23(2,3)12-7-9-15-13-18(24(4,5)6)17(20)14-16(15)19-21-10-8-11-22-19/h13,15-16,19H,8-11,14H2,1-6H3/t15-,16-/m1/s1. The van der Waals surface area contributed by atoms with Crippen molar-refractivity contribution in [2.24, 2.45) is 11.8 Å². The molecule has 0 aromatic carbocycles. The Morgan fingerprint density at radius 1 is 1.12 bits per heavy atom. The number of allylic oxidation sites excluding steroid dienone is 2. The molecule has 0 N–H and O–H groups in total. The summed E-state index contributed by atoms with van der Waals surface area (Å²) < 4.78 is 0.584. The van der Waals surface area contributed by atoms with E-state index in [0.29, 0.717) is 22.2 Å². The molecule has 0 amide bonds. The minimum absolute atomic E-state index is 0.431. The van der Waals surface area contributed by atoms with Gasteiger partial charge in [0, 0.05) is 12.8 Å². The predicted molar refractivity (Wildman–Crippen MR) is 117 cm³/mol. The molecule has 1 heterocycles. The maximum atomic E-state index is 12.8. The fourth-order valence-electron chi connectivity index (χ4n) is 3.27. The molecule has 1 aliphatic heterocycles. The van der Waals surface area contributed by atoms with Crippen LogP contribution < -0.4 is 0 Å². The normalized spacial score (nSPS) is 26.6. The Hall–Kier alpha value is 0.104. The zero-order valence-electron chi connectivity index (χ0n) is 16.1. The summed E-state index contributed by atoms with van der Waals surface area (Å²) in [6.07, 6.45) is 5.35. The van der Waals surface area contributed by atoms with E-state index in [1.54, 1.807) is 0 Å². The van der Waals surface area contributed by atoms with E-state index in [4.69, 9.17) is 0 Å². The largest absolute Gasteiger partial charge is 0.295 e. The van der Waals surface area contributed by atoms with Gasteiger partial charge >= 0.3 is 0 Å². The highest BCUT2D eigenvalue weighted by Gasteiger charge is 2.39. The maximum Gasteiger partial charge on any atom is 0.154 e. The number of ketones is 1. The molecule has 0 saturated carbocycles. The lowest BCUT2D eigenvalue weighted by atomic mass is 9.82. The number of carbonyl (C=O) groups is 1. The molecule has 1 fully saturated rings. The molecule has 2 atom stereocenters. The van der Waals surface area contributed by atoms with Crippen molar-refractivity contribution in [1.82, 2.24) is 0 Å². The topological polar surface area (TPSA) is 17.1 Å². The SMILES string of the molecule is C[Si](C)(C)C#CC[C@@H]1C=C([Si](C)(C)C)C(=O)C[C@H]1C1SCCCS1. The lowest BCUT2D eigenvalue weighted by Gasteiger charge is -2.38. The van der Waals surface area contributed by atoms with Gasteiger partial charge in [-0.2, -0.15) is 0 Å². The molecule has 5 heteroatoms. The molecule has 24 heavy (non-hydrogen) atoms. The second kappa shape index (κ2) is 8.20. The molecule has 1 nitrogen and oxygen atoms in total. The quantitative estimate of drug-likeness (QED) is 0.465. The van der Waals surface area contributed by atoms with Crippen molar-refractivity contribution in [3.8, 4) is 11.5 Å². The molecule has 1 saturated heterocycles. The van der Waals surface area contributed by atoms with E-state index < -0.39 is 16.1 Å². The molecule has 0 aromatic rings. The number of hydrogen-bond acceptors (Lipinski definition) is 3. The van der Waals surface area contributed by atoms with Gasteiger partial charge in [-0.15, -0.1) is 35.0 Å². The summed E-state index contributed by atoms with van der Waals surface area (Å²) in [4.78, 5) is 12.8. The molecular formula is C19H32OS2Si2. The lowest BCUT2D eigenvalue weighted by Crippen LogP contribution is -2.38. The Morgan fingerprint density at radius 2 is 1.75 bits per heavy atom. The number of carbonyl (C=O) groups excluding carboxylic acids is 1. The molecule has 2 aliphatic rings. The van der Waals surface area contributed by atoms with Crippen LogP contribution in [0.4, 0.5) is 0 Å². The Bertz CT molecular complexity index is 555. The predicted octanol–water partition coefficient (Wildman–Crippen LogP) is 5.46. The van der Waals surface area contributed by atoms with Crippen molar-refractivity contribution in [3.63, 3.8) is 0 Å². The van der Waals surface area contributed by atoms with Crippen molar-refractivity contribution >= 4 is 45.5 Å². The van der Waals surface area contributed by atoms with E-state index in [1.807, 2.05) is 0 Å². The molecule has 0 spiro atoms. The maximum absolute atomic E-state index is 12.8. The van der Waals surface area contributed by atoms with Crippen LogP contribution in [0.3, 0.4) is 0 Å². The molecule has 0 aromatic heterocycles. The number of rotatable bonds is 3. The third-order valence-corrected chi connectivity index (χ3v) is 10.7. The van der Waals surface area contributed by atoms with Gasteiger partial charge < -0.3 is 0 Å². The van der Waals surface area contributed by atoms with E-state index in [1.165, 1.54) is 23.1 Å². The fourth-order valence-corrected chi connectivity index (χ4v) is 8.88. The lowest BCUT2D eigenvalue weighted by molar-refractivity contribution is -0.116. The summed E-state index contributed by atoms with van der Waals surface area (Å²) in [6, 6.07) is 0. The highest BCUT2D eigenvalue weighted by Crippen LogP contribution is 2.45. The van der Waals surface area contributed by atoms with Crippen LogP contribution in [-0.4, -0.2) is 38.0 Å². The van der Waals surface area contributed by atoms with Crippen molar-refractivity contribution in [1.29, 1.82) is 0 Å². The first-order chi connectivity index (χ1) is 11.1. The van der Waals surface area contributed by atoms with Crippen molar-refractivity contribution in [2.75, 3.05) is 11.5 Å². The Kier molecular flexibility index (Phi) is 6.97. The van der Waals surface area contributed by atoms with E-state index in [0.717, 1.165) is 12.8 Å². The van der Waals surface area contributed by atoms with Crippen LogP contribution in [-0.2, 0) is 4.79 Å². The summed E-state index contributed by atoms with van der Waals surface area (Å²) in [5.41, 5.74) is 3.53. The first-order valence-electron chi connectivity index (χ1n) is 9.07. The van der Waals surface area contributed by atoms with Crippen LogP contribution in [0.2, 0.25) is 39.3 Å². The molecule has 0 radical (unpaired) electrons. The molecule has 0 bridgehead atoms. The van der Waals surface area contributed by atoms with Gasteiger partial charge in [0.2, 0.25) is 0 Å². The van der Waals surface area contributed by atoms with Crippen molar-refractivity contribution in [3.05, 3.63) is 11.3 Å². The average Bonchev–Trinajstić information content (AvgIpc) is 2.47. The molecular weight excluding hydrogens is 365 g/mol. The fraction of sp³-hybridized carbons (Fsp3) is 0.737. The third kappa shape index (κ3) is 5.83. The summed E-state index contributed by atoms with van der Waals surface area (Å²) in [7, 11) is -2.88. The second-order valence-corrected chi connectivity index (χ2v) is 21.6. The molecule has 1 aliphatic carbocycles. The Balaban J connectivity index is 2.26. The molecule has 134 valence electrons. The van der Waals surface area contributed by atoms with Crippen LogP contribution in [0, 0.1) is 23.3 Å². The zero-order chi connectivity index (χ0) is 18.0. The first kappa shape index (κ1) is 20.4. The number of hydrogen-bond donors (Lipinski definition) is 0. The molecule has 2 rings (SSSR count). The Morgan fingerprint density at radius 3 is 2.29 bits per heavy atom. The van der Waals surface area contributed by atoms with Crippen LogP contribution >= 0.6 is 23.5 Å². The summed E-state index contributed by atoms with van der Waals surface area (Å²) in [5, 5.41) is 1.17. The summed E-state index contributed by atoms with van der Waals surface area (Å²) in [6.45, 7) is 13.8. The van der Waals surface area contributed by atoms with Gasteiger partial charge in [0.1, 0.15) is 8.07 Å². The van der Waals surface area contributed by atoms with Gasteiger partial charge in [-0.3, -0.25) is 4.79 Å². The van der Waals surface area contributed by atoms with E-state index >= 15 is 0 Å². The number of Topliss-reactive ketones (excluding diaryl/α,β-unsaturated/α-hetero) is 1. The monoisotopic (exact) mass is 396 g/mol. The van der Waals surface area contributed by atoms with Gasteiger partial charge in [0.15, 0.2) is 5.78 Å². The highest BCUT2D eigenvalue weighted by atomic mass is 32.2. The molecule has 0 unspecified atom stereocenters. The number of thioether (sulfide) groups is 2. The van der Waals surface area contributed by atoms with Gasteiger partial charge in [0.25, 0.3) is 0 Å². The van der Waals surface area contributed by atoms with Gasteiger partial charge in [-0.05, 0) is 35.0 Å². The zero-order valence-corrected chi connectivity index (χ0v) is 19.7. The van der Waals surface area contributed by atoms with Crippen LogP contribution in [0.15, 0.2) is 11.3 Å². The van der Waals surface area contributed by atoms with E-state index in [2.05, 4.69) is 80.3 Å². The summed E-state index contributed by atoms with van der Waals surface area (Å²) >= 11 is 4.15. The van der Waals surface area contributed by atoms with E-state index in [-0.39, 0.29) is 0 Å². The summed E-state index contributed by atoms with van der Waals surface area (Å²) in [5.74, 6) is 7.38. The minimum atomic E-state index is -1.56.